The van der Waals surface area contributed by atoms with Crippen LogP contribution in [0.5, 0.6) is 0 Å². The average molecular weight is 1820 g/mol. The van der Waals surface area contributed by atoms with Gasteiger partial charge in [0.2, 0.25) is 0 Å². The zero-order valence-electron chi connectivity index (χ0n) is 83.2. The van der Waals surface area contributed by atoms with Crippen molar-refractivity contribution in [1.82, 2.24) is 40.2 Å². The third kappa shape index (κ3) is 42.4. The lowest BCUT2D eigenvalue weighted by molar-refractivity contribution is 0.0516. The summed E-state index contributed by atoms with van der Waals surface area (Å²) in [5.41, 5.74) is 21.2. The number of amides is 5. The van der Waals surface area contributed by atoms with E-state index in [4.69, 9.17) is 9.47 Å². The molecule has 0 saturated heterocycles. The Bertz CT molecular complexity index is 5390. The van der Waals surface area contributed by atoms with Crippen LogP contribution >= 0.6 is 0 Å². The highest BCUT2D eigenvalue weighted by atomic mass is 16.5. The number of carbonyl (C=O) groups excluding carboxylic acids is 8. The maximum atomic E-state index is 11.9. The Kier molecular flexibility index (Phi) is 53.4. The number of benzene rings is 10. The fourth-order valence-electron chi connectivity index (χ4n) is 11.6. The fourth-order valence-corrected chi connectivity index (χ4v) is 11.6. The van der Waals surface area contributed by atoms with Gasteiger partial charge in [0.1, 0.15) is 5.82 Å². The Morgan fingerprint density at radius 2 is 0.714 bits per heavy atom. The standard InChI is InChI=1S/C13H19N3O2.C12H17N3O2.C12H13N3.C12H17NO2.2C11H14O2.C10H14N2O.C10H14N2.C8H11N.C7H9N/c1-14-11-7-9(12(17)15(2)3)6-10(8-11)13(18)16(4)5;1-13-10-6-8(11(16)14-2)5-9(7-10)12(17)15(3)4;1-9-14-7-6-12(15-9)10-4-3-5-11(8-10)13-2;1-5-15-12(14)10-6-9(2)7-11(8-10)13(3)4;1-4-9-5-8(2)6-10(7-9)11(12)13-3;1-3-9-6-5-7-10(8-9)11(12)13-4-2;1-11-9-6-4-5-8(7-9)10(13)12(2)3;1-8(11-2)9-5-4-6-10(7-9)12-3;1-9(2)8-6-4-3-5-7-8;1-8-7-5-3-2-4-6-7/h6-8,14H,1-5H3;5-7,13H,1-4H3,(H,14,16);3-8,13H,1-2H3;6-8H,5H2,1-4H3;5-7H,4H2,1-3H3;5-8H,3-4H2,1-2H3;4-7,11H,1-3H3;4-7,11-12H,1H2,2-3H3;3-7H,1-2H3;2-6,8H,1H3. The summed E-state index contributed by atoms with van der Waals surface area (Å²) >= 11 is 0. The molecule has 712 valence electrons. The summed E-state index contributed by atoms with van der Waals surface area (Å²) in [6, 6.07) is 75.0. The van der Waals surface area contributed by atoms with Gasteiger partial charge in [0.05, 0.1) is 42.7 Å². The van der Waals surface area contributed by atoms with Gasteiger partial charge < -0.3 is 86.1 Å². The molecule has 0 fully saturated rings. The third-order valence-corrected chi connectivity index (χ3v) is 19.0. The van der Waals surface area contributed by atoms with Gasteiger partial charge in [0.15, 0.2) is 0 Å². The lowest BCUT2D eigenvalue weighted by Gasteiger charge is -2.15. The fraction of sp³-hybridized carbons (Fsp3) is 0.302. The summed E-state index contributed by atoms with van der Waals surface area (Å²) in [6.45, 7) is 18.3. The summed E-state index contributed by atoms with van der Waals surface area (Å²) < 4.78 is 14.5. The molecule has 0 aliphatic carbocycles. The number of para-hydroxylation sites is 2. The van der Waals surface area contributed by atoms with E-state index >= 15 is 0 Å². The van der Waals surface area contributed by atoms with E-state index in [-0.39, 0.29) is 47.4 Å². The second-order valence-electron chi connectivity index (χ2n) is 30.5. The molecular weight excluding hydrogens is 1670 g/mol. The molecule has 5 amide bonds. The molecule has 27 heteroatoms. The first-order valence-corrected chi connectivity index (χ1v) is 43.4. The Morgan fingerprint density at radius 3 is 1.14 bits per heavy atom. The number of esters is 3. The normalized spacial score (nSPS) is 9.59. The van der Waals surface area contributed by atoms with Crippen LogP contribution in [0.2, 0.25) is 0 Å². The van der Waals surface area contributed by atoms with Crippen LogP contribution in [0.4, 0.5) is 45.5 Å². The summed E-state index contributed by atoms with van der Waals surface area (Å²) in [5.74, 6) is -0.540. The first-order chi connectivity index (χ1) is 63.3. The Morgan fingerprint density at radius 1 is 0.331 bits per heavy atom. The molecule has 0 spiro atoms. The molecule has 11 rings (SSSR count). The van der Waals surface area contributed by atoms with E-state index in [1.54, 1.807) is 138 Å². The van der Waals surface area contributed by atoms with Crippen molar-refractivity contribution in [3.8, 4) is 11.3 Å². The number of anilines is 8. The molecule has 0 atom stereocenters. The van der Waals surface area contributed by atoms with Gasteiger partial charge in [-0.05, 0) is 221 Å². The molecule has 11 aromatic rings. The van der Waals surface area contributed by atoms with Crippen molar-refractivity contribution in [2.75, 3.05) is 203 Å². The minimum Gasteiger partial charge on any atom is -0.465 e. The van der Waals surface area contributed by atoms with Crippen LogP contribution in [0, 0.1) is 20.8 Å². The quantitative estimate of drug-likeness (QED) is 0.0218. The van der Waals surface area contributed by atoms with Gasteiger partial charge in [-0.3, -0.25) is 24.0 Å². The lowest BCUT2D eigenvalue weighted by Crippen LogP contribution is -2.24. The molecule has 133 heavy (non-hydrogen) atoms. The van der Waals surface area contributed by atoms with Crippen LogP contribution in [0.1, 0.15) is 144 Å². The number of rotatable bonds is 23. The Hall–Kier alpha value is -15.0. The van der Waals surface area contributed by atoms with Gasteiger partial charge in [-0.15, -0.1) is 0 Å². The molecule has 0 unspecified atom stereocenters. The first-order valence-electron chi connectivity index (χ1n) is 43.4. The second kappa shape index (κ2) is 62.3. The molecule has 0 aliphatic rings. The minimum absolute atomic E-state index is 0.0251. The first kappa shape index (κ1) is 114. The van der Waals surface area contributed by atoms with Gasteiger partial charge >= 0.3 is 17.9 Å². The van der Waals surface area contributed by atoms with E-state index in [9.17, 15) is 38.4 Å². The molecule has 0 radical (unpaired) electrons. The number of nitrogens with zero attached hydrogens (tertiary/aromatic N) is 8. The predicted octanol–water partition coefficient (Wildman–Crippen LogP) is 18.3. The summed E-state index contributed by atoms with van der Waals surface area (Å²) in [4.78, 5) is 111. The molecule has 27 nitrogen and oxygen atoms in total. The SMILES string of the molecule is C=C(NC)c1cccc(NC)c1.CCOC(=O)c1cc(C)cc(N(C)C)c1.CCOC(=O)c1cccc(CC)c1.CCc1cc(C)cc(C(=O)OC)c1.CN(C)c1ccccc1.CNC(=O)c1cc(NC)cc(C(=O)N(C)C)c1.CNc1cc(C(=O)N(C)C)cc(C(=O)N(C)C)c1.CNc1cccc(-c2ccnc(C)n2)c1.CNc1cccc(C(=O)N(C)C)c1.CNc1ccccc1. The zero-order chi connectivity index (χ0) is 99.8. The molecule has 0 aliphatic heterocycles. The summed E-state index contributed by atoms with van der Waals surface area (Å²) in [6.07, 6.45) is 3.66. The number of aryl methyl sites for hydroxylation is 5. The highest BCUT2D eigenvalue weighted by Gasteiger charge is 2.18. The van der Waals surface area contributed by atoms with Crippen LogP contribution < -0.4 is 52.3 Å². The van der Waals surface area contributed by atoms with E-state index in [1.807, 2.05) is 260 Å². The highest BCUT2D eigenvalue weighted by Crippen LogP contribution is 2.24. The van der Waals surface area contributed by atoms with E-state index in [0.717, 1.165) is 97.7 Å². The van der Waals surface area contributed by atoms with Gasteiger partial charge in [0, 0.05) is 232 Å². The number of ether oxygens (including phenoxy) is 3. The number of hydrogen-bond donors (Lipinski definition) is 8. The van der Waals surface area contributed by atoms with Crippen LogP contribution in [0.15, 0.2) is 249 Å². The van der Waals surface area contributed by atoms with Crippen molar-refractivity contribution >= 4 is 98.6 Å². The van der Waals surface area contributed by atoms with Gasteiger partial charge in [-0.25, -0.2) is 24.4 Å². The van der Waals surface area contributed by atoms with Crippen LogP contribution in [0.3, 0.4) is 0 Å². The predicted molar refractivity (Wildman–Crippen MR) is 551 cm³/mol. The highest BCUT2D eigenvalue weighted by molar-refractivity contribution is 6.02. The maximum absolute atomic E-state index is 11.9. The molecule has 10 aromatic carbocycles. The van der Waals surface area contributed by atoms with Crippen molar-refractivity contribution < 1.29 is 52.6 Å². The van der Waals surface area contributed by atoms with E-state index in [2.05, 4.69) is 113 Å². The molecule has 1 aromatic heterocycles. The Balaban J connectivity index is 0.000000503. The largest absolute Gasteiger partial charge is 0.465 e. The lowest BCUT2D eigenvalue weighted by atomic mass is 10.1. The summed E-state index contributed by atoms with van der Waals surface area (Å²) in [5, 5.41) is 23.6. The van der Waals surface area contributed by atoms with Crippen molar-refractivity contribution in [2.24, 2.45) is 0 Å². The van der Waals surface area contributed by atoms with Gasteiger partial charge in [-0.1, -0.05) is 111 Å². The number of carbonyl (C=O) groups is 8. The van der Waals surface area contributed by atoms with Crippen molar-refractivity contribution in [3.05, 3.63) is 328 Å². The minimum atomic E-state index is -0.265. The molecular formula is C106H142N16O11. The monoisotopic (exact) mass is 1820 g/mol. The number of hydrogen-bond acceptors (Lipinski definition) is 22. The van der Waals surface area contributed by atoms with Gasteiger partial charge in [0.25, 0.3) is 29.5 Å². The number of nitrogens with one attached hydrogen (secondary N) is 8. The zero-order valence-corrected chi connectivity index (χ0v) is 83.2. The second-order valence-corrected chi connectivity index (χ2v) is 30.5. The van der Waals surface area contributed by atoms with E-state index in [0.29, 0.717) is 57.7 Å². The maximum Gasteiger partial charge on any atom is 0.338 e. The van der Waals surface area contributed by atoms with Crippen LogP contribution in [-0.2, 0) is 27.1 Å². The molecule has 0 saturated carbocycles. The van der Waals surface area contributed by atoms with Crippen LogP contribution in [-0.4, -0.2) is 238 Å². The van der Waals surface area contributed by atoms with Crippen LogP contribution in [0.25, 0.3) is 17.0 Å². The number of aromatic nitrogens is 2. The summed E-state index contributed by atoms with van der Waals surface area (Å²) in [7, 11) is 37.4. The van der Waals surface area contributed by atoms with Crippen molar-refractivity contribution in [2.45, 2.75) is 61.3 Å². The van der Waals surface area contributed by atoms with E-state index < -0.39 is 0 Å². The third-order valence-electron chi connectivity index (χ3n) is 19.0. The Labute approximate surface area is 790 Å². The van der Waals surface area contributed by atoms with Gasteiger partial charge in [-0.2, -0.15) is 0 Å². The van der Waals surface area contributed by atoms with Crippen molar-refractivity contribution in [3.63, 3.8) is 0 Å². The molecule has 0 bridgehead atoms. The smallest absolute Gasteiger partial charge is 0.338 e. The topological polar surface area (TPSA) is 306 Å². The number of methoxy groups -OCH3 is 1. The van der Waals surface area contributed by atoms with E-state index in [1.165, 1.54) is 33.1 Å². The van der Waals surface area contributed by atoms with Crippen molar-refractivity contribution in [1.29, 1.82) is 0 Å². The molecule has 1 heterocycles. The average Bonchev–Trinajstić information content (AvgIpc) is 0.827. The molecule has 8 N–H and O–H groups in total.